The standard InChI is InChI=1S/C18H17BrO2/c19-15-6-3-4-13(10-15)11-16(20)12-18-17-7-2-1-5-14(17)8-9-21-18/h1-7,10,18H,8-9,11-12H2. The van der Waals surface area contributed by atoms with Crippen LogP contribution >= 0.6 is 15.9 Å². The first-order valence-electron chi connectivity index (χ1n) is 7.18. The van der Waals surface area contributed by atoms with E-state index < -0.39 is 0 Å². The van der Waals surface area contributed by atoms with Gasteiger partial charge in [-0.2, -0.15) is 0 Å². The highest BCUT2D eigenvalue weighted by Gasteiger charge is 2.22. The molecule has 0 amide bonds. The zero-order chi connectivity index (χ0) is 14.7. The van der Waals surface area contributed by atoms with Gasteiger partial charge in [0.15, 0.2) is 0 Å². The summed E-state index contributed by atoms with van der Waals surface area (Å²) in [6.07, 6.45) is 1.76. The lowest BCUT2D eigenvalue weighted by Crippen LogP contribution is -2.19. The van der Waals surface area contributed by atoms with Crippen molar-refractivity contribution in [1.29, 1.82) is 0 Å². The van der Waals surface area contributed by atoms with Gasteiger partial charge in [-0.25, -0.2) is 0 Å². The van der Waals surface area contributed by atoms with Gasteiger partial charge in [0.2, 0.25) is 0 Å². The van der Waals surface area contributed by atoms with Crippen molar-refractivity contribution in [1.82, 2.24) is 0 Å². The number of halogens is 1. The average Bonchev–Trinajstić information content (AvgIpc) is 2.47. The predicted molar refractivity (Wildman–Crippen MR) is 86.3 cm³/mol. The maximum atomic E-state index is 12.3. The topological polar surface area (TPSA) is 26.3 Å². The highest BCUT2D eigenvalue weighted by atomic mass is 79.9. The number of ketones is 1. The molecule has 108 valence electrons. The normalized spacial score (nSPS) is 17.3. The molecule has 0 fully saturated rings. The molecular formula is C18H17BrO2. The highest BCUT2D eigenvalue weighted by Crippen LogP contribution is 2.30. The zero-order valence-electron chi connectivity index (χ0n) is 11.7. The Morgan fingerprint density at radius 1 is 1.19 bits per heavy atom. The molecule has 0 aromatic heterocycles. The Hall–Kier alpha value is -1.45. The van der Waals surface area contributed by atoms with Gasteiger partial charge < -0.3 is 4.74 Å². The Bertz CT molecular complexity index is 651. The minimum absolute atomic E-state index is 0.0883. The SMILES string of the molecule is O=C(Cc1cccc(Br)c1)CC1OCCc2ccccc21. The van der Waals surface area contributed by atoms with Crippen molar-refractivity contribution in [2.24, 2.45) is 0 Å². The number of fused-ring (bicyclic) bond motifs is 1. The second-order valence-corrected chi connectivity index (χ2v) is 6.27. The summed E-state index contributed by atoms with van der Waals surface area (Å²) in [5, 5.41) is 0. The van der Waals surface area contributed by atoms with Gasteiger partial charge in [0.05, 0.1) is 12.7 Å². The number of rotatable bonds is 4. The molecular weight excluding hydrogens is 328 g/mol. The molecule has 0 saturated carbocycles. The molecule has 1 aliphatic heterocycles. The van der Waals surface area contributed by atoms with Crippen LogP contribution < -0.4 is 0 Å². The predicted octanol–water partition coefficient (Wildman–Crippen LogP) is 4.26. The van der Waals surface area contributed by atoms with E-state index in [1.807, 2.05) is 36.4 Å². The van der Waals surface area contributed by atoms with Gasteiger partial charge in [0.25, 0.3) is 0 Å². The number of hydrogen-bond acceptors (Lipinski definition) is 2. The van der Waals surface area contributed by atoms with Gasteiger partial charge in [-0.3, -0.25) is 4.79 Å². The van der Waals surface area contributed by atoms with Crippen LogP contribution in [0.5, 0.6) is 0 Å². The number of ether oxygens (including phenoxy) is 1. The van der Waals surface area contributed by atoms with Crippen LogP contribution in [0.4, 0.5) is 0 Å². The molecule has 2 nitrogen and oxygen atoms in total. The maximum absolute atomic E-state index is 12.3. The molecule has 0 radical (unpaired) electrons. The minimum Gasteiger partial charge on any atom is -0.373 e. The fourth-order valence-corrected chi connectivity index (χ4v) is 3.25. The third-order valence-electron chi connectivity index (χ3n) is 3.80. The fourth-order valence-electron chi connectivity index (χ4n) is 2.80. The van der Waals surface area contributed by atoms with Crippen molar-refractivity contribution in [3.8, 4) is 0 Å². The quantitative estimate of drug-likeness (QED) is 0.827. The van der Waals surface area contributed by atoms with Crippen LogP contribution in [0, 0.1) is 0 Å². The first-order valence-corrected chi connectivity index (χ1v) is 7.97. The van der Waals surface area contributed by atoms with E-state index in [-0.39, 0.29) is 11.9 Å². The summed E-state index contributed by atoms with van der Waals surface area (Å²) >= 11 is 3.44. The molecule has 3 heteroatoms. The smallest absolute Gasteiger partial charge is 0.140 e. The van der Waals surface area contributed by atoms with Crippen molar-refractivity contribution in [3.63, 3.8) is 0 Å². The largest absolute Gasteiger partial charge is 0.373 e. The fraction of sp³-hybridized carbons (Fsp3) is 0.278. The summed E-state index contributed by atoms with van der Waals surface area (Å²) in [6, 6.07) is 16.2. The first-order chi connectivity index (χ1) is 10.2. The van der Waals surface area contributed by atoms with E-state index in [0.29, 0.717) is 19.4 Å². The van der Waals surface area contributed by atoms with Crippen LogP contribution in [-0.4, -0.2) is 12.4 Å². The average molecular weight is 345 g/mol. The summed E-state index contributed by atoms with van der Waals surface area (Å²) in [6.45, 7) is 0.700. The van der Waals surface area contributed by atoms with E-state index in [2.05, 4.69) is 28.1 Å². The second-order valence-electron chi connectivity index (χ2n) is 5.36. The van der Waals surface area contributed by atoms with Crippen LogP contribution in [-0.2, 0) is 22.4 Å². The Kier molecular flexibility index (Phi) is 4.51. The Balaban J connectivity index is 1.68. The van der Waals surface area contributed by atoms with Crippen LogP contribution in [0.25, 0.3) is 0 Å². The number of carbonyl (C=O) groups excluding carboxylic acids is 1. The molecule has 3 rings (SSSR count). The molecule has 0 saturated heterocycles. The van der Waals surface area contributed by atoms with Gasteiger partial charge in [0, 0.05) is 17.3 Å². The van der Waals surface area contributed by atoms with Crippen LogP contribution in [0.2, 0.25) is 0 Å². The number of benzene rings is 2. The van der Waals surface area contributed by atoms with E-state index >= 15 is 0 Å². The number of hydrogen-bond donors (Lipinski definition) is 0. The van der Waals surface area contributed by atoms with E-state index in [1.165, 1.54) is 11.1 Å². The van der Waals surface area contributed by atoms with Gasteiger partial charge in [0.1, 0.15) is 5.78 Å². The summed E-state index contributed by atoms with van der Waals surface area (Å²) in [4.78, 5) is 12.3. The van der Waals surface area contributed by atoms with E-state index in [1.54, 1.807) is 0 Å². The molecule has 2 aromatic rings. The molecule has 0 N–H and O–H groups in total. The van der Waals surface area contributed by atoms with E-state index in [0.717, 1.165) is 16.5 Å². The van der Waals surface area contributed by atoms with Crippen molar-refractivity contribution in [2.45, 2.75) is 25.4 Å². The van der Waals surface area contributed by atoms with Crippen LogP contribution in [0.1, 0.15) is 29.2 Å². The molecule has 1 atom stereocenters. The number of Topliss-reactive ketones (excluding diaryl/α,β-unsaturated/α-hetero) is 1. The zero-order valence-corrected chi connectivity index (χ0v) is 13.3. The molecule has 1 heterocycles. The molecule has 0 aliphatic carbocycles. The van der Waals surface area contributed by atoms with Crippen molar-refractivity contribution in [3.05, 3.63) is 69.7 Å². The summed E-state index contributed by atoms with van der Waals surface area (Å²) in [5.74, 6) is 0.217. The molecule has 2 aromatic carbocycles. The van der Waals surface area contributed by atoms with E-state index in [4.69, 9.17) is 4.74 Å². The molecule has 1 unspecified atom stereocenters. The number of carbonyl (C=O) groups is 1. The van der Waals surface area contributed by atoms with Crippen molar-refractivity contribution < 1.29 is 9.53 Å². The van der Waals surface area contributed by atoms with Crippen LogP contribution in [0.15, 0.2) is 53.0 Å². The van der Waals surface area contributed by atoms with E-state index in [9.17, 15) is 4.79 Å². The molecule has 21 heavy (non-hydrogen) atoms. The summed E-state index contributed by atoms with van der Waals surface area (Å²) in [7, 11) is 0. The lowest BCUT2D eigenvalue weighted by Gasteiger charge is -2.25. The second kappa shape index (κ2) is 6.54. The van der Waals surface area contributed by atoms with Crippen LogP contribution in [0.3, 0.4) is 0 Å². The summed E-state index contributed by atoms with van der Waals surface area (Å²) < 4.78 is 6.81. The monoisotopic (exact) mass is 344 g/mol. The highest BCUT2D eigenvalue weighted by molar-refractivity contribution is 9.10. The maximum Gasteiger partial charge on any atom is 0.140 e. The van der Waals surface area contributed by atoms with Gasteiger partial charge in [-0.05, 0) is 35.2 Å². The van der Waals surface area contributed by atoms with Crippen molar-refractivity contribution in [2.75, 3.05) is 6.61 Å². The Labute approximate surface area is 133 Å². The third-order valence-corrected chi connectivity index (χ3v) is 4.29. The van der Waals surface area contributed by atoms with Gasteiger partial charge in [-0.15, -0.1) is 0 Å². The van der Waals surface area contributed by atoms with Crippen molar-refractivity contribution >= 4 is 21.7 Å². The summed E-state index contributed by atoms with van der Waals surface area (Å²) in [5.41, 5.74) is 3.52. The van der Waals surface area contributed by atoms with Gasteiger partial charge in [-0.1, -0.05) is 52.3 Å². The molecule has 1 aliphatic rings. The molecule has 0 spiro atoms. The molecule has 0 bridgehead atoms. The Morgan fingerprint density at radius 3 is 2.90 bits per heavy atom. The third kappa shape index (κ3) is 3.60. The lowest BCUT2D eigenvalue weighted by molar-refractivity contribution is -0.121. The lowest BCUT2D eigenvalue weighted by atomic mass is 9.93. The first kappa shape index (κ1) is 14.5. The minimum atomic E-state index is -0.0883. The Morgan fingerprint density at radius 2 is 2.05 bits per heavy atom. The van der Waals surface area contributed by atoms with Gasteiger partial charge >= 0.3 is 0 Å².